The number of ether oxygens (including phenoxy) is 1. The third kappa shape index (κ3) is 4.10. The number of esters is 1. The second-order valence-electron chi connectivity index (χ2n) is 5.35. The molecule has 0 fully saturated rings. The van der Waals surface area contributed by atoms with E-state index in [0.717, 1.165) is 37.0 Å². The summed E-state index contributed by atoms with van der Waals surface area (Å²) in [7, 11) is 0. The average molecular weight is 282 g/mol. The van der Waals surface area contributed by atoms with E-state index in [1.807, 2.05) is 0 Å². The van der Waals surface area contributed by atoms with E-state index in [4.69, 9.17) is 9.15 Å². The summed E-state index contributed by atoms with van der Waals surface area (Å²) in [6, 6.07) is 3.91. The van der Waals surface area contributed by atoms with Crippen molar-refractivity contribution < 1.29 is 18.4 Å². The van der Waals surface area contributed by atoms with Crippen molar-refractivity contribution in [3.05, 3.63) is 24.2 Å². The number of hydrogen-bond donors (Lipinski definition) is 0. The summed E-state index contributed by atoms with van der Waals surface area (Å²) in [4.78, 5) is 11.8. The predicted octanol–water partition coefficient (Wildman–Crippen LogP) is 3.48. The van der Waals surface area contributed by atoms with E-state index >= 15 is 0 Å². The molecule has 1 heterocycles. The minimum absolute atomic E-state index is 0.277. The second kappa shape index (κ2) is 8.10. The SMILES string of the molecule is CCC[N+](CC)(CCOC(=O)c1ccco1)C(C)CC. The lowest BCUT2D eigenvalue weighted by molar-refractivity contribution is -0.948. The van der Waals surface area contributed by atoms with Crippen LogP contribution in [0.15, 0.2) is 22.8 Å². The van der Waals surface area contributed by atoms with Gasteiger partial charge < -0.3 is 13.6 Å². The Balaban J connectivity index is 2.56. The van der Waals surface area contributed by atoms with E-state index in [9.17, 15) is 4.79 Å². The lowest BCUT2D eigenvalue weighted by Crippen LogP contribution is -2.56. The minimum Gasteiger partial charge on any atom is -0.457 e. The van der Waals surface area contributed by atoms with E-state index in [2.05, 4.69) is 27.7 Å². The molecule has 0 saturated heterocycles. The maximum Gasteiger partial charge on any atom is 0.374 e. The average Bonchev–Trinajstić information content (AvgIpc) is 2.99. The summed E-state index contributed by atoms with van der Waals surface area (Å²) in [5.41, 5.74) is 0. The Morgan fingerprint density at radius 2 is 2.10 bits per heavy atom. The monoisotopic (exact) mass is 282 g/mol. The molecule has 0 aliphatic heterocycles. The van der Waals surface area contributed by atoms with Crippen molar-refractivity contribution in [3.63, 3.8) is 0 Å². The van der Waals surface area contributed by atoms with E-state index in [-0.39, 0.29) is 11.7 Å². The first-order chi connectivity index (χ1) is 9.59. The highest BCUT2D eigenvalue weighted by Gasteiger charge is 2.30. The standard InChI is InChI=1S/C16H28NO3/c1-5-10-17(7-3,14(4)6-2)11-13-20-16(18)15-9-8-12-19-15/h8-9,12,14H,5-7,10-11,13H2,1-4H3/q+1. The largest absolute Gasteiger partial charge is 0.457 e. The van der Waals surface area contributed by atoms with E-state index in [1.54, 1.807) is 12.1 Å². The van der Waals surface area contributed by atoms with Crippen LogP contribution in [0.1, 0.15) is 51.1 Å². The van der Waals surface area contributed by atoms with Crippen LogP contribution in [0.5, 0.6) is 0 Å². The molecule has 0 aliphatic carbocycles. The van der Waals surface area contributed by atoms with Gasteiger partial charge in [0.05, 0.1) is 25.4 Å². The lowest BCUT2D eigenvalue weighted by atomic mass is 10.1. The molecule has 0 N–H and O–H groups in total. The van der Waals surface area contributed by atoms with Crippen molar-refractivity contribution in [1.29, 1.82) is 0 Å². The number of rotatable bonds is 9. The van der Waals surface area contributed by atoms with Gasteiger partial charge in [-0.05, 0) is 38.8 Å². The van der Waals surface area contributed by atoms with Gasteiger partial charge in [-0.25, -0.2) is 4.79 Å². The van der Waals surface area contributed by atoms with Gasteiger partial charge in [0.25, 0.3) is 0 Å². The lowest BCUT2D eigenvalue weighted by Gasteiger charge is -2.42. The first-order valence-electron chi connectivity index (χ1n) is 7.66. The third-order valence-corrected chi connectivity index (χ3v) is 4.32. The maximum absolute atomic E-state index is 11.8. The van der Waals surface area contributed by atoms with Crippen molar-refractivity contribution in [2.24, 2.45) is 0 Å². The van der Waals surface area contributed by atoms with Gasteiger partial charge >= 0.3 is 5.97 Å². The smallest absolute Gasteiger partial charge is 0.374 e. The molecular formula is C16H28NO3+. The molecule has 4 nitrogen and oxygen atoms in total. The van der Waals surface area contributed by atoms with Crippen LogP contribution >= 0.6 is 0 Å². The third-order valence-electron chi connectivity index (χ3n) is 4.32. The van der Waals surface area contributed by atoms with E-state index in [0.29, 0.717) is 12.6 Å². The van der Waals surface area contributed by atoms with Crippen LogP contribution in [0.2, 0.25) is 0 Å². The molecule has 0 aliphatic rings. The number of carbonyl (C=O) groups excluding carboxylic acids is 1. The molecular weight excluding hydrogens is 254 g/mol. The molecule has 1 rings (SSSR count). The summed E-state index contributed by atoms with van der Waals surface area (Å²) in [6.45, 7) is 12.4. The molecule has 0 saturated carbocycles. The normalized spacial score (nSPS) is 15.6. The Kier molecular flexibility index (Phi) is 6.79. The maximum atomic E-state index is 11.8. The van der Waals surface area contributed by atoms with Crippen molar-refractivity contribution in [2.45, 2.75) is 46.6 Å². The Bertz CT molecular complexity index is 388. The second-order valence-corrected chi connectivity index (χ2v) is 5.35. The van der Waals surface area contributed by atoms with Crippen LogP contribution in [0.25, 0.3) is 0 Å². The number of likely N-dealkylation sites (N-methyl/N-ethyl adjacent to an activating group) is 1. The van der Waals surface area contributed by atoms with Gasteiger partial charge in [-0.1, -0.05) is 13.8 Å². The molecule has 1 aromatic heterocycles. The summed E-state index contributed by atoms with van der Waals surface area (Å²) in [5, 5.41) is 0. The van der Waals surface area contributed by atoms with Crippen molar-refractivity contribution in [3.8, 4) is 0 Å². The van der Waals surface area contributed by atoms with Crippen LogP contribution in [-0.4, -0.2) is 42.7 Å². The van der Waals surface area contributed by atoms with Crippen molar-refractivity contribution in [1.82, 2.24) is 0 Å². The molecule has 0 aromatic carbocycles. The zero-order chi connectivity index (χ0) is 15.0. The first kappa shape index (κ1) is 16.8. The van der Waals surface area contributed by atoms with Crippen molar-refractivity contribution in [2.75, 3.05) is 26.2 Å². The fourth-order valence-electron chi connectivity index (χ4n) is 2.80. The Labute approximate surface area is 122 Å². The van der Waals surface area contributed by atoms with Gasteiger partial charge in [0.15, 0.2) is 0 Å². The highest BCUT2D eigenvalue weighted by Crippen LogP contribution is 2.17. The van der Waals surface area contributed by atoms with Gasteiger partial charge in [-0.2, -0.15) is 0 Å². The topological polar surface area (TPSA) is 39.4 Å². The fourth-order valence-corrected chi connectivity index (χ4v) is 2.80. The summed E-state index contributed by atoms with van der Waals surface area (Å²) >= 11 is 0. The quantitative estimate of drug-likeness (QED) is 0.514. The highest BCUT2D eigenvalue weighted by molar-refractivity contribution is 5.86. The summed E-state index contributed by atoms with van der Waals surface area (Å²) in [5.74, 6) is -0.0940. The van der Waals surface area contributed by atoms with E-state index < -0.39 is 0 Å². The number of quaternary nitrogens is 1. The predicted molar refractivity (Wildman–Crippen MR) is 79.6 cm³/mol. The van der Waals surface area contributed by atoms with Gasteiger partial charge in [0, 0.05) is 0 Å². The van der Waals surface area contributed by atoms with Gasteiger partial charge in [-0.3, -0.25) is 0 Å². The number of hydrogen-bond acceptors (Lipinski definition) is 3. The molecule has 114 valence electrons. The number of carbonyl (C=O) groups is 1. The van der Waals surface area contributed by atoms with Crippen LogP contribution in [0.4, 0.5) is 0 Å². The molecule has 2 unspecified atom stereocenters. The molecule has 2 atom stereocenters. The zero-order valence-electron chi connectivity index (χ0n) is 13.2. The zero-order valence-corrected chi connectivity index (χ0v) is 13.2. The first-order valence-corrected chi connectivity index (χ1v) is 7.66. The van der Waals surface area contributed by atoms with Crippen LogP contribution in [0.3, 0.4) is 0 Å². The van der Waals surface area contributed by atoms with Crippen LogP contribution < -0.4 is 0 Å². The minimum atomic E-state index is -0.371. The van der Waals surface area contributed by atoms with E-state index in [1.165, 1.54) is 6.26 Å². The van der Waals surface area contributed by atoms with Gasteiger partial charge in [0.1, 0.15) is 13.2 Å². The molecule has 0 bridgehead atoms. The number of nitrogens with zero attached hydrogens (tertiary/aromatic N) is 1. The van der Waals surface area contributed by atoms with Crippen molar-refractivity contribution >= 4 is 5.97 Å². The Morgan fingerprint density at radius 1 is 1.35 bits per heavy atom. The number of furan rings is 1. The van der Waals surface area contributed by atoms with Gasteiger partial charge in [0.2, 0.25) is 5.76 Å². The Morgan fingerprint density at radius 3 is 2.60 bits per heavy atom. The summed E-state index contributed by atoms with van der Waals surface area (Å²) < 4.78 is 11.4. The van der Waals surface area contributed by atoms with Gasteiger partial charge in [-0.15, -0.1) is 0 Å². The molecule has 4 heteroatoms. The molecule has 0 radical (unpaired) electrons. The Hall–Kier alpha value is -1.29. The summed E-state index contributed by atoms with van der Waals surface area (Å²) in [6.07, 6.45) is 3.77. The van der Waals surface area contributed by atoms with Crippen LogP contribution in [-0.2, 0) is 4.74 Å². The molecule has 0 spiro atoms. The highest BCUT2D eigenvalue weighted by atomic mass is 16.5. The molecule has 1 aromatic rings. The van der Waals surface area contributed by atoms with Crippen LogP contribution in [0, 0.1) is 0 Å². The fraction of sp³-hybridized carbons (Fsp3) is 0.688. The molecule has 20 heavy (non-hydrogen) atoms. The molecule has 0 amide bonds.